The van der Waals surface area contributed by atoms with E-state index in [2.05, 4.69) is 47.2 Å². The summed E-state index contributed by atoms with van der Waals surface area (Å²) in [6.45, 7) is 3.51. The quantitative estimate of drug-likeness (QED) is 0.784. The highest BCUT2D eigenvalue weighted by molar-refractivity contribution is 5.15. The summed E-state index contributed by atoms with van der Waals surface area (Å²) >= 11 is 0. The average Bonchev–Trinajstić information content (AvgIpc) is 2.83. The third-order valence-electron chi connectivity index (χ3n) is 5.65. The van der Waals surface area contributed by atoms with Gasteiger partial charge in [-0.05, 0) is 25.5 Å². The molecule has 2 fully saturated rings. The van der Waals surface area contributed by atoms with Gasteiger partial charge < -0.3 is 0 Å². The Morgan fingerprint density at radius 3 is 2.09 bits per heavy atom. The first kappa shape index (κ1) is 16.0. The van der Waals surface area contributed by atoms with Gasteiger partial charge in [0.15, 0.2) is 0 Å². The highest BCUT2D eigenvalue weighted by Crippen LogP contribution is 2.36. The van der Waals surface area contributed by atoms with Gasteiger partial charge in [0, 0.05) is 18.6 Å². The molecule has 0 amide bonds. The molecule has 2 heteroatoms. The number of benzene rings is 1. The Labute approximate surface area is 136 Å². The standard InChI is InChI=1S/C20H32N2/c1-21-17-20(14-10-5-3-2-4-6-11-15-20)22(18-21)16-19-12-8-7-9-13-19/h7-9,12-13H,2-6,10-11,14-18H2,1H3. The van der Waals surface area contributed by atoms with Crippen molar-refractivity contribution in [3.63, 3.8) is 0 Å². The van der Waals surface area contributed by atoms with Gasteiger partial charge >= 0.3 is 0 Å². The molecule has 3 rings (SSSR count). The molecule has 1 aromatic rings. The van der Waals surface area contributed by atoms with E-state index in [0.29, 0.717) is 5.54 Å². The zero-order chi connectivity index (χ0) is 15.3. The number of nitrogens with zero attached hydrogens (tertiary/aromatic N) is 2. The van der Waals surface area contributed by atoms with Crippen molar-refractivity contribution in [2.75, 3.05) is 20.3 Å². The molecule has 2 nitrogen and oxygen atoms in total. The van der Waals surface area contributed by atoms with Crippen LogP contribution >= 0.6 is 0 Å². The number of hydrogen-bond donors (Lipinski definition) is 0. The van der Waals surface area contributed by atoms with Crippen LogP contribution in [0.15, 0.2) is 30.3 Å². The predicted octanol–water partition coefficient (Wildman–Crippen LogP) is 4.65. The number of likely N-dealkylation sites (N-methyl/N-ethyl adjacent to an activating group) is 1. The van der Waals surface area contributed by atoms with Gasteiger partial charge in [-0.1, -0.05) is 75.3 Å². The van der Waals surface area contributed by atoms with Crippen LogP contribution in [-0.4, -0.2) is 35.6 Å². The summed E-state index contributed by atoms with van der Waals surface area (Å²) in [5, 5.41) is 0. The van der Waals surface area contributed by atoms with Gasteiger partial charge in [0.2, 0.25) is 0 Å². The van der Waals surface area contributed by atoms with E-state index >= 15 is 0 Å². The molecule has 2 aliphatic rings. The first-order valence-corrected chi connectivity index (χ1v) is 9.26. The first-order valence-electron chi connectivity index (χ1n) is 9.26. The molecule has 1 aliphatic carbocycles. The molecule has 1 saturated carbocycles. The smallest absolute Gasteiger partial charge is 0.0513 e. The van der Waals surface area contributed by atoms with E-state index in [-0.39, 0.29) is 0 Å². The largest absolute Gasteiger partial charge is 0.292 e. The van der Waals surface area contributed by atoms with Gasteiger partial charge in [-0.25, -0.2) is 0 Å². The van der Waals surface area contributed by atoms with E-state index in [1.807, 2.05) is 0 Å². The van der Waals surface area contributed by atoms with Crippen LogP contribution in [0.3, 0.4) is 0 Å². The van der Waals surface area contributed by atoms with Gasteiger partial charge in [-0.3, -0.25) is 9.80 Å². The predicted molar refractivity (Wildman–Crippen MR) is 93.8 cm³/mol. The van der Waals surface area contributed by atoms with Crippen molar-refractivity contribution in [2.45, 2.75) is 69.9 Å². The maximum absolute atomic E-state index is 2.78. The fraction of sp³-hybridized carbons (Fsp3) is 0.700. The fourth-order valence-corrected chi connectivity index (χ4v) is 4.51. The minimum atomic E-state index is 0.432. The number of hydrogen-bond acceptors (Lipinski definition) is 2. The maximum Gasteiger partial charge on any atom is 0.0513 e. The Hall–Kier alpha value is -0.860. The van der Waals surface area contributed by atoms with Crippen molar-refractivity contribution in [3.8, 4) is 0 Å². The van der Waals surface area contributed by atoms with E-state index < -0.39 is 0 Å². The minimum absolute atomic E-state index is 0.432. The van der Waals surface area contributed by atoms with Crippen LogP contribution < -0.4 is 0 Å². The lowest BCUT2D eigenvalue weighted by molar-refractivity contribution is 0.108. The zero-order valence-electron chi connectivity index (χ0n) is 14.3. The van der Waals surface area contributed by atoms with Crippen molar-refractivity contribution >= 4 is 0 Å². The summed E-state index contributed by atoms with van der Waals surface area (Å²) in [6, 6.07) is 11.0. The molecule has 1 spiro atoms. The summed E-state index contributed by atoms with van der Waals surface area (Å²) in [5.41, 5.74) is 1.90. The lowest BCUT2D eigenvalue weighted by atomic mass is 9.84. The second kappa shape index (κ2) is 7.61. The van der Waals surface area contributed by atoms with Crippen molar-refractivity contribution in [1.29, 1.82) is 0 Å². The molecular formula is C20H32N2. The Bertz CT molecular complexity index is 432. The Morgan fingerprint density at radius 2 is 1.45 bits per heavy atom. The lowest BCUT2D eigenvalue weighted by Crippen LogP contribution is -2.45. The summed E-state index contributed by atoms with van der Waals surface area (Å²) in [7, 11) is 2.30. The van der Waals surface area contributed by atoms with Crippen LogP contribution in [0.25, 0.3) is 0 Å². The lowest BCUT2D eigenvalue weighted by Gasteiger charge is -2.38. The van der Waals surface area contributed by atoms with E-state index in [0.717, 1.165) is 13.2 Å². The molecule has 0 bridgehead atoms. The van der Waals surface area contributed by atoms with E-state index in [1.165, 1.54) is 69.9 Å². The Morgan fingerprint density at radius 1 is 0.864 bits per heavy atom. The van der Waals surface area contributed by atoms with E-state index in [4.69, 9.17) is 0 Å². The van der Waals surface area contributed by atoms with Crippen LogP contribution in [0, 0.1) is 0 Å². The van der Waals surface area contributed by atoms with Gasteiger partial charge in [0.25, 0.3) is 0 Å². The third-order valence-corrected chi connectivity index (χ3v) is 5.65. The molecule has 1 heterocycles. The molecule has 0 unspecified atom stereocenters. The third kappa shape index (κ3) is 3.91. The van der Waals surface area contributed by atoms with Gasteiger partial charge in [-0.15, -0.1) is 0 Å². The van der Waals surface area contributed by atoms with Gasteiger partial charge in [0.1, 0.15) is 0 Å². The van der Waals surface area contributed by atoms with Crippen LogP contribution in [0.2, 0.25) is 0 Å². The molecule has 122 valence electrons. The molecule has 0 N–H and O–H groups in total. The summed E-state index contributed by atoms with van der Waals surface area (Å²) in [5.74, 6) is 0. The molecule has 1 aromatic carbocycles. The van der Waals surface area contributed by atoms with E-state index in [1.54, 1.807) is 0 Å². The van der Waals surface area contributed by atoms with Crippen LogP contribution in [0.5, 0.6) is 0 Å². The monoisotopic (exact) mass is 300 g/mol. The molecule has 0 radical (unpaired) electrons. The summed E-state index contributed by atoms with van der Waals surface area (Å²) < 4.78 is 0. The first-order chi connectivity index (χ1) is 10.8. The Balaban J connectivity index is 1.73. The van der Waals surface area contributed by atoms with Crippen molar-refractivity contribution in [3.05, 3.63) is 35.9 Å². The topological polar surface area (TPSA) is 6.48 Å². The van der Waals surface area contributed by atoms with Crippen LogP contribution in [-0.2, 0) is 6.54 Å². The zero-order valence-corrected chi connectivity index (χ0v) is 14.3. The minimum Gasteiger partial charge on any atom is -0.292 e. The number of rotatable bonds is 2. The van der Waals surface area contributed by atoms with Gasteiger partial charge in [0.05, 0.1) is 6.67 Å². The van der Waals surface area contributed by atoms with Crippen LogP contribution in [0.4, 0.5) is 0 Å². The molecule has 22 heavy (non-hydrogen) atoms. The summed E-state index contributed by atoms with van der Waals surface area (Å²) in [4.78, 5) is 5.32. The van der Waals surface area contributed by atoms with Crippen molar-refractivity contribution < 1.29 is 0 Å². The van der Waals surface area contributed by atoms with E-state index in [9.17, 15) is 0 Å². The van der Waals surface area contributed by atoms with Crippen molar-refractivity contribution in [2.24, 2.45) is 0 Å². The second-order valence-corrected chi connectivity index (χ2v) is 7.54. The molecule has 0 aromatic heterocycles. The highest BCUT2D eigenvalue weighted by atomic mass is 15.4. The van der Waals surface area contributed by atoms with Crippen molar-refractivity contribution in [1.82, 2.24) is 9.80 Å². The fourth-order valence-electron chi connectivity index (χ4n) is 4.51. The second-order valence-electron chi connectivity index (χ2n) is 7.54. The average molecular weight is 300 g/mol. The highest BCUT2D eigenvalue weighted by Gasteiger charge is 2.42. The molecule has 1 saturated heterocycles. The SMILES string of the molecule is CN1CN(Cc2ccccc2)C2(CCCCCCCCC2)C1. The molecular weight excluding hydrogens is 268 g/mol. The molecule has 0 atom stereocenters. The van der Waals surface area contributed by atoms with Gasteiger partial charge in [-0.2, -0.15) is 0 Å². The van der Waals surface area contributed by atoms with Crippen LogP contribution in [0.1, 0.15) is 63.4 Å². The normalized spacial score (nSPS) is 24.6. The molecule has 1 aliphatic heterocycles. The Kier molecular flexibility index (Phi) is 5.54. The maximum atomic E-state index is 2.78. The summed E-state index contributed by atoms with van der Waals surface area (Å²) in [6.07, 6.45) is 12.8.